The van der Waals surface area contributed by atoms with Crippen molar-refractivity contribution in [2.24, 2.45) is 0 Å². The van der Waals surface area contributed by atoms with Crippen LogP contribution in [-0.4, -0.2) is 20.3 Å². The molecule has 4 rings (SSSR count). The van der Waals surface area contributed by atoms with Crippen molar-refractivity contribution in [3.8, 4) is 11.3 Å². The standard InChI is InChI=1S/C20H18N4OS/c1-13-6-8-15(9-7-13)17-11-24-16(12-26-20(24)22-17)10-19(25)23-18-5-3-4-14(2)21-18/h3-9,11-12H,10H2,1-2H3,(H,21,23,25). The van der Waals surface area contributed by atoms with Crippen LogP contribution >= 0.6 is 11.3 Å². The molecule has 0 saturated carbocycles. The Labute approximate surface area is 155 Å². The fourth-order valence-electron chi connectivity index (χ4n) is 2.78. The number of fused-ring (bicyclic) bond motifs is 1. The van der Waals surface area contributed by atoms with Crippen molar-refractivity contribution in [2.75, 3.05) is 5.32 Å². The van der Waals surface area contributed by atoms with Gasteiger partial charge in [0.1, 0.15) is 5.82 Å². The van der Waals surface area contributed by atoms with Gasteiger partial charge in [-0.25, -0.2) is 9.97 Å². The van der Waals surface area contributed by atoms with Gasteiger partial charge in [-0.05, 0) is 26.0 Å². The third kappa shape index (κ3) is 3.36. The number of carbonyl (C=O) groups excluding carboxylic acids is 1. The second kappa shape index (κ2) is 6.72. The predicted octanol–water partition coefficient (Wildman–Crippen LogP) is 4.26. The van der Waals surface area contributed by atoms with E-state index < -0.39 is 0 Å². The average Bonchev–Trinajstić information content (AvgIpc) is 3.18. The Hall–Kier alpha value is -2.99. The predicted molar refractivity (Wildman–Crippen MR) is 105 cm³/mol. The van der Waals surface area contributed by atoms with Crippen molar-refractivity contribution >= 4 is 28.0 Å². The summed E-state index contributed by atoms with van der Waals surface area (Å²) in [6.45, 7) is 3.96. The van der Waals surface area contributed by atoms with Crippen molar-refractivity contribution in [1.29, 1.82) is 0 Å². The highest BCUT2D eigenvalue weighted by atomic mass is 32.1. The van der Waals surface area contributed by atoms with E-state index in [-0.39, 0.29) is 12.3 Å². The molecule has 0 atom stereocenters. The van der Waals surface area contributed by atoms with Gasteiger partial charge in [0.05, 0.1) is 12.1 Å². The first-order chi connectivity index (χ1) is 12.6. The first-order valence-electron chi connectivity index (χ1n) is 8.34. The summed E-state index contributed by atoms with van der Waals surface area (Å²) in [6, 6.07) is 13.9. The summed E-state index contributed by atoms with van der Waals surface area (Å²) in [4.78, 5) is 22.2. The lowest BCUT2D eigenvalue weighted by atomic mass is 10.1. The number of imidazole rings is 1. The van der Waals surface area contributed by atoms with E-state index in [4.69, 9.17) is 0 Å². The topological polar surface area (TPSA) is 59.3 Å². The maximum Gasteiger partial charge on any atom is 0.231 e. The fraction of sp³-hybridized carbons (Fsp3) is 0.150. The number of pyridine rings is 1. The molecule has 0 aliphatic heterocycles. The van der Waals surface area contributed by atoms with E-state index in [1.54, 1.807) is 6.07 Å². The molecule has 1 aromatic carbocycles. The summed E-state index contributed by atoms with van der Waals surface area (Å²) in [5.74, 6) is 0.487. The summed E-state index contributed by atoms with van der Waals surface area (Å²) in [6.07, 6.45) is 2.27. The molecule has 6 heteroatoms. The van der Waals surface area contributed by atoms with Gasteiger partial charge in [0.2, 0.25) is 5.91 Å². The van der Waals surface area contributed by atoms with Gasteiger partial charge in [0, 0.05) is 28.5 Å². The molecule has 0 saturated heterocycles. The van der Waals surface area contributed by atoms with E-state index in [2.05, 4.69) is 46.5 Å². The minimum atomic E-state index is -0.0895. The van der Waals surface area contributed by atoms with E-state index in [1.807, 2.05) is 35.0 Å². The van der Waals surface area contributed by atoms with E-state index in [0.717, 1.165) is 27.6 Å². The Morgan fingerprint density at radius 3 is 2.69 bits per heavy atom. The van der Waals surface area contributed by atoms with Crippen molar-refractivity contribution < 1.29 is 4.79 Å². The van der Waals surface area contributed by atoms with Crippen LogP contribution in [0.15, 0.2) is 54.0 Å². The maximum absolute atomic E-state index is 12.4. The van der Waals surface area contributed by atoms with Gasteiger partial charge in [0.25, 0.3) is 0 Å². The number of hydrogen-bond donors (Lipinski definition) is 1. The molecule has 4 aromatic rings. The number of hydrogen-bond acceptors (Lipinski definition) is 4. The second-order valence-electron chi connectivity index (χ2n) is 6.26. The average molecular weight is 362 g/mol. The molecule has 0 unspecified atom stereocenters. The highest BCUT2D eigenvalue weighted by Gasteiger charge is 2.13. The van der Waals surface area contributed by atoms with Gasteiger partial charge in [-0.1, -0.05) is 35.9 Å². The van der Waals surface area contributed by atoms with Gasteiger partial charge in [-0.2, -0.15) is 0 Å². The van der Waals surface area contributed by atoms with Crippen LogP contribution in [0.5, 0.6) is 0 Å². The zero-order valence-corrected chi connectivity index (χ0v) is 15.4. The molecule has 0 bridgehead atoms. The van der Waals surface area contributed by atoms with Crippen LogP contribution in [0.2, 0.25) is 0 Å². The van der Waals surface area contributed by atoms with Crippen molar-refractivity contribution in [1.82, 2.24) is 14.4 Å². The fourth-order valence-corrected chi connectivity index (χ4v) is 3.66. The van der Waals surface area contributed by atoms with E-state index >= 15 is 0 Å². The Bertz CT molecular complexity index is 1080. The molecule has 5 nitrogen and oxygen atoms in total. The van der Waals surface area contributed by atoms with Crippen molar-refractivity contribution in [2.45, 2.75) is 20.3 Å². The Morgan fingerprint density at radius 1 is 1.12 bits per heavy atom. The monoisotopic (exact) mass is 362 g/mol. The van der Waals surface area contributed by atoms with E-state index in [0.29, 0.717) is 5.82 Å². The summed E-state index contributed by atoms with van der Waals surface area (Å²) in [7, 11) is 0. The summed E-state index contributed by atoms with van der Waals surface area (Å²) < 4.78 is 1.99. The Balaban J connectivity index is 1.55. The molecule has 0 aliphatic rings. The maximum atomic E-state index is 12.4. The van der Waals surface area contributed by atoms with E-state index in [1.165, 1.54) is 16.9 Å². The number of rotatable bonds is 4. The highest BCUT2D eigenvalue weighted by molar-refractivity contribution is 7.15. The second-order valence-corrected chi connectivity index (χ2v) is 7.10. The molecular weight excluding hydrogens is 344 g/mol. The molecule has 130 valence electrons. The molecule has 0 spiro atoms. The van der Waals surface area contributed by atoms with Crippen LogP contribution in [0.4, 0.5) is 5.82 Å². The lowest BCUT2D eigenvalue weighted by molar-refractivity contribution is -0.115. The highest BCUT2D eigenvalue weighted by Crippen LogP contribution is 2.24. The number of thiazole rings is 1. The minimum absolute atomic E-state index is 0.0895. The van der Waals surface area contributed by atoms with E-state index in [9.17, 15) is 4.79 Å². The van der Waals surface area contributed by atoms with Crippen molar-refractivity contribution in [3.05, 3.63) is 71.0 Å². The van der Waals surface area contributed by atoms with Gasteiger partial charge >= 0.3 is 0 Å². The third-order valence-corrected chi connectivity index (χ3v) is 5.02. The Kier molecular flexibility index (Phi) is 4.26. The number of anilines is 1. The van der Waals surface area contributed by atoms with Crippen molar-refractivity contribution in [3.63, 3.8) is 0 Å². The molecule has 1 N–H and O–H groups in total. The van der Waals surface area contributed by atoms with Crippen LogP contribution in [0.3, 0.4) is 0 Å². The van der Waals surface area contributed by atoms with Crippen LogP contribution in [0.25, 0.3) is 16.2 Å². The molecule has 0 aliphatic carbocycles. The number of aromatic nitrogens is 3. The lowest BCUT2D eigenvalue weighted by Gasteiger charge is -2.04. The minimum Gasteiger partial charge on any atom is -0.310 e. The summed E-state index contributed by atoms with van der Waals surface area (Å²) in [5, 5.41) is 4.83. The molecule has 1 amide bonds. The number of nitrogens with one attached hydrogen (secondary N) is 1. The quantitative estimate of drug-likeness (QED) is 0.590. The number of nitrogens with zero attached hydrogens (tertiary/aromatic N) is 3. The molecule has 26 heavy (non-hydrogen) atoms. The lowest BCUT2D eigenvalue weighted by Crippen LogP contribution is -2.16. The molecule has 0 radical (unpaired) electrons. The van der Waals surface area contributed by atoms with Crippen LogP contribution in [-0.2, 0) is 11.2 Å². The summed E-state index contributed by atoms with van der Waals surface area (Å²) >= 11 is 1.54. The smallest absolute Gasteiger partial charge is 0.231 e. The van der Waals surface area contributed by atoms with Crippen LogP contribution in [0, 0.1) is 13.8 Å². The van der Waals surface area contributed by atoms with Gasteiger partial charge in [0.15, 0.2) is 4.96 Å². The number of aryl methyl sites for hydroxylation is 2. The molecular formula is C20H18N4OS. The number of amides is 1. The largest absolute Gasteiger partial charge is 0.310 e. The van der Waals surface area contributed by atoms with Crippen LogP contribution in [0.1, 0.15) is 17.0 Å². The molecule has 3 heterocycles. The van der Waals surface area contributed by atoms with Gasteiger partial charge < -0.3 is 5.32 Å². The number of carbonyl (C=O) groups is 1. The van der Waals surface area contributed by atoms with Gasteiger partial charge in [-0.15, -0.1) is 11.3 Å². The molecule has 3 aromatic heterocycles. The van der Waals surface area contributed by atoms with Gasteiger partial charge in [-0.3, -0.25) is 9.20 Å². The number of benzene rings is 1. The zero-order valence-electron chi connectivity index (χ0n) is 14.6. The summed E-state index contributed by atoms with van der Waals surface area (Å²) in [5.41, 5.74) is 5.00. The first-order valence-corrected chi connectivity index (χ1v) is 9.22. The zero-order chi connectivity index (χ0) is 18.1. The normalized spacial score (nSPS) is 11.0. The third-order valence-electron chi connectivity index (χ3n) is 4.13. The Morgan fingerprint density at radius 2 is 1.92 bits per heavy atom. The SMILES string of the molecule is Cc1ccc(-c2cn3c(CC(=O)Nc4cccc(C)n4)csc3n2)cc1. The molecule has 0 fully saturated rings. The first kappa shape index (κ1) is 16.5. The van der Waals surface area contributed by atoms with Crippen LogP contribution < -0.4 is 5.32 Å².